The topological polar surface area (TPSA) is 42.6 Å². The Labute approximate surface area is 168 Å². The minimum Gasteiger partial charge on any atom is -1.00 e. The van der Waals surface area contributed by atoms with Crippen molar-refractivity contribution in [1.29, 1.82) is 0 Å². The number of halogens is 2. The number of hydrogen-bond donors (Lipinski definition) is 2. The lowest BCUT2D eigenvalue weighted by Gasteiger charge is -2.11. The zero-order valence-electron chi connectivity index (χ0n) is 15.6. The van der Waals surface area contributed by atoms with E-state index in [0.29, 0.717) is 0 Å². The summed E-state index contributed by atoms with van der Waals surface area (Å²) < 4.78 is 5.27. The highest BCUT2D eigenvalue weighted by atomic mass is 35.5. The minimum absolute atomic E-state index is 0. The van der Waals surface area contributed by atoms with Gasteiger partial charge in [0.15, 0.2) is 12.0 Å². The van der Waals surface area contributed by atoms with Gasteiger partial charge in [-0.3, -0.25) is 4.90 Å². The highest BCUT2D eigenvalue weighted by molar-refractivity contribution is 5.73. The highest BCUT2D eigenvalue weighted by Crippen LogP contribution is 2.27. The average molecular weight is 396 g/mol. The van der Waals surface area contributed by atoms with E-state index in [-0.39, 0.29) is 24.8 Å². The van der Waals surface area contributed by atoms with Crippen LogP contribution in [-0.2, 0) is 6.54 Å². The fraction of sp³-hybridized carbons (Fsp3) is 0.350. The summed E-state index contributed by atoms with van der Waals surface area (Å²) in [5.74, 6) is 0.931. The van der Waals surface area contributed by atoms with Gasteiger partial charge in [0.1, 0.15) is 18.0 Å². The van der Waals surface area contributed by atoms with Crippen molar-refractivity contribution < 1.29 is 39.8 Å². The van der Waals surface area contributed by atoms with Gasteiger partial charge >= 0.3 is 0 Å². The van der Waals surface area contributed by atoms with Gasteiger partial charge in [0.25, 0.3) is 0 Å². The van der Waals surface area contributed by atoms with Crippen LogP contribution in [0.1, 0.15) is 23.1 Å². The summed E-state index contributed by atoms with van der Waals surface area (Å²) in [6.45, 7) is 7.53. The fourth-order valence-corrected chi connectivity index (χ4v) is 3.09. The van der Waals surface area contributed by atoms with Crippen molar-refractivity contribution in [2.45, 2.75) is 26.8 Å². The molecule has 1 atom stereocenters. The van der Waals surface area contributed by atoms with Crippen LogP contribution in [0, 0.1) is 13.8 Å². The van der Waals surface area contributed by atoms with Crippen LogP contribution in [-0.4, -0.2) is 26.5 Å². The quantitative estimate of drug-likeness (QED) is 0.457. The van der Waals surface area contributed by atoms with Gasteiger partial charge in [-0.15, -0.1) is 0 Å². The van der Waals surface area contributed by atoms with Crippen molar-refractivity contribution in [2.75, 3.05) is 20.2 Å². The molecule has 1 aliphatic rings. The SMILES string of the molecule is COc1cccc(C[NH2+]CCC[NH+]2C=Nc3cc(C)c(C)cc32)c1.[Cl-].[Cl-]. The van der Waals surface area contributed by atoms with E-state index in [1.54, 1.807) is 7.11 Å². The maximum Gasteiger partial charge on any atom is 0.194 e. The molecule has 1 unspecified atom stereocenters. The molecule has 3 rings (SSSR count). The number of nitrogens with one attached hydrogen (secondary N) is 1. The third-order valence-corrected chi connectivity index (χ3v) is 4.69. The second kappa shape index (κ2) is 10.5. The predicted octanol–water partition coefficient (Wildman–Crippen LogP) is -4.34. The lowest BCUT2D eigenvalue weighted by molar-refractivity contribution is -0.730. The summed E-state index contributed by atoms with van der Waals surface area (Å²) in [5.41, 5.74) is 6.43. The molecule has 0 aliphatic carbocycles. The van der Waals surface area contributed by atoms with Gasteiger partial charge in [0, 0.05) is 18.1 Å². The number of quaternary nitrogens is 2. The molecule has 0 fully saturated rings. The Morgan fingerprint density at radius 2 is 1.85 bits per heavy atom. The van der Waals surface area contributed by atoms with Crippen molar-refractivity contribution in [2.24, 2.45) is 4.99 Å². The van der Waals surface area contributed by atoms with Crippen LogP contribution in [0.5, 0.6) is 5.75 Å². The summed E-state index contributed by atoms with van der Waals surface area (Å²) in [4.78, 5) is 5.94. The lowest BCUT2D eigenvalue weighted by atomic mass is 10.1. The molecule has 142 valence electrons. The molecule has 6 heteroatoms. The van der Waals surface area contributed by atoms with E-state index in [1.807, 2.05) is 18.5 Å². The number of aryl methyl sites for hydroxylation is 2. The lowest BCUT2D eigenvalue weighted by Crippen LogP contribution is -3.05. The molecule has 1 aliphatic heterocycles. The van der Waals surface area contributed by atoms with Gasteiger partial charge in [-0.05, 0) is 43.2 Å². The first-order valence-electron chi connectivity index (χ1n) is 8.63. The molecular weight excluding hydrogens is 369 g/mol. The van der Waals surface area contributed by atoms with Crippen molar-refractivity contribution in [3.63, 3.8) is 0 Å². The van der Waals surface area contributed by atoms with Gasteiger partial charge in [-0.25, -0.2) is 0 Å². The Hall–Kier alpha value is -1.59. The first-order chi connectivity index (χ1) is 11.7. The monoisotopic (exact) mass is 395 g/mol. The van der Waals surface area contributed by atoms with Crippen molar-refractivity contribution in [3.8, 4) is 5.75 Å². The number of nitrogens with zero attached hydrogens (tertiary/aromatic N) is 1. The Balaban J connectivity index is 0.00000169. The number of aliphatic imine (C=N–C) groups is 1. The zero-order valence-corrected chi connectivity index (χ0v) is 17.1. The first-order valence-corrected chi connectivity index (χ1v) is 8.63. The molecule has 2 aromatic rings. The standard InChI is InChI=1S/C20H25N3O.2ClH/c1-15-10-19-20(11-16(15)2)23(14-22-19)9-5-8-21-13-17-6-4-7-18(12-17)24-3;;/h4,6-7,10-12,14,21H,5,8-9,13H2,1-3H3;2*1H. The number of benzene rings is 2. The molecule has 0 saturated carbocycles. The second-order valence-electron chi connectivity index (χ2n) is 6.47. The molecule has 26 heavy (non-hydrogen) atoms. The summed E-state index contributed by atoms with van der Waals surface area (Å²) >= 11 is 0. The highest BCUT2D eigenvalue weighted by Gasteiger charge is 2.21. The van der Waals surface area contributed by atoms with Gasteiger partial charge in [-0.1, -0.05) is 12.1 Å². The molecule has 1 heterocycles. The summed E-state index contributed by atoms with van der Waals surface area (Å²) in [7, 11) is 1.71. The van der Waals surface area contributed by atoms with E-state index in [4.69, 9.17) is 4.74 Å². The molecule has 0 saturated heterocycles. The Kier molecular flexibility index (Phi) is 9.09. The normalized spacial score (nSPS) is 14.3. The molecule has 0 bridgehead atoms. The third-order valence-electron chi connectivity index (χ3n) is 4.69. The number of hydrogen-bond acceptors (Lipinski definition) is 2. The van der Waals surface area contributed by atoms with Crippen molar-refractivity contribution in [1.82, 2.24) is 0 Å². The molecule has 2 aromatic carbocycles. The Morgan fingerprint density at radius 1 is 1.08 bits per heavy atom. The Morgan fingerprint density at radius 3 is 2.62 bits per heavy atom. The number of methoxy groups -OCH3 is 1. The molecule has 0 spiro atoms. The molecular formula is C20H27Cl2N3O. The number of rotatable bonds is 7. The molecule has 4 nitrogen and oxygen atoms in total. The van der Waals surface area contributed by atoms with Crippen LogP contribution in [0.3, 0.4) is 0 Å². The van der Waals surface area contributed by atoms with Gasteiger partial charge < -0.3 is 34.9 Å². The summed E-state index contributed by atoms with van der Waals surface area (Å²) in [6, 6.07) is 12.8. The molecule has 0 amide bonds. The predicted molar refractivity (Wildman–Crippen MR) is 97.7 cm³/mol. The van der Waals surface area contributed by atoms with Crippen molar-refractivity contribution >= 4 is 17.7 Å². The first kappa shape index (κ1) is 22.5. The number of fused-ring (bicyclic) bond motifs is 1. The second-order valence-corrected chi connectivity index (χ2v) is 6.47. The van der Waals surface area contributed by atoms with Crippen molar-refractivity contribution in [3.05, 3.63) is 53.1 Å². The van der Waals surface area contributed by atoms with E-state index in [2.05, 4.69) is 48.4 Å². The van der Waals surface area contributed by atoms with Crippen LogP contribution in [0.15, 0.2) is 41.4 Å². The maximum absolute atomic E-state index is 5.27. The number of nitrogens with two attached hydrogens (primary N) is 1. The van der Waals surface area contributed by atoms with Gasteiger partial charge in [0.2, 0.25) is 0 Å². The van der Waals surface area contributed by atoms with E-state index in [1.165, 1.54) is 27.3 Å². The van der Waals surface area contributed by atoms with E-state index in [9.17, 15) is 0 Å². The summed E-state index contributed by atoms with van der Waals surface area (Å²) in [6.07, 6.45) is 3.21. The summed E-state index contributed by atoms with van der Waals surface area (Å²) in [5, 5.41) is 2.36. The molecule has 0 aromatic heterocycles. The van der Waals surface area contributed by atoms with Crippen LogP contribution < -0.4 is 39.8 Å². The zero-order chi connectivity index (χ0) is 16.9. The van der Waals surface area contributed by atoms with Crippen LogP contribution in [0.2, 0.25) is 0 Å². The Bertz CT molecular complexity index is 750. The minimum atomic E-state index is 0. The van der Waals surface area contributed by atoms with E-state index >= 15 is 0 Å². The van der Waals surface area contributed by atoms with Crippen LogP contribution in [0.25, 0.3) is 0 Å². The smallest absolute Gasteiger partial charge is 0.194 e. The van der Waals surface area contributed by atoms with Gasteiger partial charge in [-0.2, -0.15) is 4.99 Å². The van der Waals surface area contributed by atoms with E-state index < -0.39 is 0 Å². The van der Waals surface area contributed by atoms with E-state index in [0.717, 1.165) is 37.5 Å². The molecule has 0 radical (unpaired) electrons. The molecule has 3 N–H and O–H groups in total. The maximum atomic E-state index is 5.27. The number of ether oxygens (including phenoxy) is 1. The average Bonchev–Trinajstić information content (AvgIpc) is 2.97. The largest absolute Gasteiger partial charge is 1.00 e. The van der Waals surface area contributed by atoms with Crippen LogP contribution in [0.4, 0.5) is 11.4 Å². The van der Waals surface area contributed by atoms with Crippen LogP contribution >= 0.6 is 0 Å². The third kappa shape index (κ3) is 5.45. The fourth-order valence-electron chi connectivity index (χ4n) is 3.09. The van der Waals surface area contributed by atoms with Gasteiger partial charge in [0.05, 0.1) is 20.2 Å².